The Labute approximate surface area is 140 Å². The zero-order chi connectivity index (χ0) is 16.1. The largest absolute Gasteiger partial charge is 0.494 e. The van der Waals surface area contributed by atoms with Crippen molar-refractivity contribution in [3.05, 3.63) is 35.3 Å². The van der Waals surface area contributed by atoms with Crippen LogP contribution in [0.3, 0.4) is 0 Å². The molecule has 3 rings (SSSR count). The van der Waals surface area contributed by atoms with Crippen LogP contribution in [0.1, 0.15) is 23.8 Å². The van der Waals surface area contributed by atoms with Crippen LogP contribution in [-0.2, 0) is 0 Å². The first-order valence-electron chi connectivity index (χ1n) is 7.96. The first-order valence-corrected chi connectivity index (χ1v) is 8.84. The van der Waals surface area contributed by atoms with Crippen LogP contribution in [0.25, 0.3) is 10.6 Å². The van der Waals surface area contributed by atoms with E-state index < -0.39 is 0 Å². The van der Waals surface area contributed by atoms with Crippen molar-refractivity contribution in [1.82, 2.24) is 15.2 Å². The predicted molar refractivity (Wildman–Crippen MR) is 92.1 cm³/mol. The maximum absolute atomic E-state index is 12.6. The summed E-state index contributed by atoms with van der Waals surface area (Å²) >= 11 is 1.50. The summed E-state index contributed by atoms with van der Waals surface area (Å²) in [6.07, 6.45) is 0.988. The molecule has 0 aliphatic carbocycles. The van der Waals surface area contributed by atoms with Crippen molar-refractivity contribution in [1.29, 1.82) is 0 Å². The summed E-state index contributed by atoms with van der Waals surface area (Å²) in [6, 6.07) is 7.83. The molecule has 6 heteroatoms. The summed E-state index contributed by atoms with van der Waals surface area (Å²) in [4.78, 5) is 19.0. The van der Waals surface area contributed by atoms with Gasteiger partial charge in [0.15, 0.2) is 0 Å². The molecule has 0 radical (unpaired) electrons. The van der Waals surface area contributed by atoms with E-state index in [9.17, 15) is 4.79 Å². The van der Waals surface area contributed by atoms with Gasteiger partial charge in [-0.25, -0.2) is 4.98 Å². The van der Waals surface area contributed by atoms with E-state index in [2.05, 4.69) is 10.3 Å². The van der Waals surface area contributed by atoms with E-state index in [-0.39, 0.29) is 5.91 Å². The molecule has 122 valence electrons. The Balaban J connectivity index is 1.72. The number of benzene rings is 1. The van der Waals surface area contributed by atoms with Crippen LogP contribution in [0.2, 0.25) is 0 Å². The summed E-state index contributed by atoms with van der Waals surface area (Å²) < 4.78 is 5.45. The second-order valence-electron chi connectivity index (χ2n) is 5.39. The molecule has 23 heavy (non-hydrogen) atoms. The van der Waals surface area contributed by atoms with Crippen LogP contribution in [0, 0.1) is 0 Å². The van der Waals surface area contributed by atoms with Crippen LogP contribution < -0.4 is 10.1 Å². The Morgan fingerprint density at radius 2 is 2.13 bits per heavy atom. The van der Waals surface area contributed by atoms with Gasteiger partial charge < -0.3 is 15.0 Å². The predicted octanol–water partition coefficient (Wildman–Crippen LogP) is 2.64. The van der Waals surface area contributed by atoms with Crippen molar-refractivity contribution in [2.45, 2.75) is 13.3 Å². The Kier molecular flexibility index (Phi) is 5.25. The SMILES string of the molecule is CCOc1ccc(-c2nc(C(=O)N3CCCNCC3)cs2)cc1. The van der Waals surface area contributed by atoms with Gasteiger partial charge in [-0.2, -0.15) is 0 Å². The summed E-state index contributed by atoms with van der Waals surface area (Å²) in [6.45, 7) is 5.97. The number of ether oxygens (including phenoxy) is 1. The molecule has 1 aromatic heterocycles. The summed E-state index contributed by atoms with van der Waals surface area (Å²) in [5.74, 6) is 0.878. The number of nitrogens with one attached hydrogen (secondary N) is 1. The maximum atomic E-state index is 12.6. The molecule has 1 aliphatic rings. The normalized spacial score (nSPS) is 15.3. The second kappa shape index (κ2) is 7.57. The van der Waals surface area contributed by atoms with E-state index >= 15 is 0 Å². The topological polar surface area (TPSA) is 54.5 Å². The third kappa shape index (κ3) is 3.89. The van der Waals surface area contributed by atoms with Gasteiger partial charge in [0.1, 0.15) is 16.5 Å². The molecule has 1 aromatic carbocycles. The van der Waals surface area contributed by atoms with Gasteiger partial charge in [0.05, 0.1) is 6.61 Å². The van der Waals surface area contributed by atoms with Gasteiger partial charge >= 0.3 is 0 Å². The minimum atomic E-state index is 0.0298. The number of rotatable bonds is 4. The van der Waals surface area contributed by atoms with Crippen LogP contribution >= 0.6 is 11.3 Å². The fraction of sp³-hybridized carbons (Fsp3) is 0.412. The Bertz CT molecular complexity index is 646. The number of carbonyl (C=O) groups is 1. The van der Waals surface area contributed by atoms with E-state index in [1.807, 2.05) is 41.5 Å². The first kappa shape index (κ1) is 16.0. The Morgan fingerprint density at radius 1 is 1.30 bits per heavy atom. The van der Waals surface area contributed by atoms with Crippen molar-refractivity contribution >= 4 is 17.2 Å². The number of carbonyl (C=O) groups excluding carboxylic acids is 1. The van der Waals surface area contributed by atoms with Crippen LogP contribution in [0.15, 0.2) is 29.6 Å². The van der Waals surface area contributed by atoms with Crippen LogP contribution in [0.5, 0.6) is 5.75 Å². The van der Waals surface area contributed by atoms with Gasteiger partial charge in [-0.05, 0) is 44.2 Å². The summed E-state index contributed by atoms with van der Waals surface area (Å²) in [5.41, 5.74) is 1.55. The molecule has 1 saturated heterocycles. The Morgan fingerprint density at radius 3 is 2.91 bits per heavy atom. The highest BCUT2D eigenvalue weighted by Gasteiger charge is 2.20. The zero-order valence-electron chi connectivity index (χ0n) is 13.2. The van der Waals surface area contributed by atoms with Crippen molar-refractivity contribution < 1.29 is 9.53 Å². The average Bonchev–Trinajstić information content (AvgIpc) is 2.91. The average molecular weight is 331 g/mol. The van der Waals surface area contributed by atoms with Crippen molar-refractivity contribution in [2.24, 2.45) is 0 Å². The van der Waals surface area contributed by atoms with Gasteiger partial charge in [-0.1, -0.05) is 0 Å². The lowest BCUT2D eigenvalue weighted by molar-refractivity contribution is 0.0761. The highest BCUT2D eigenvalue weighted by Crippen LogP contribution is 2.26. The van der Waals surface area contributed by atoms with Crippen molar-refractivity contribution in [2.75, 3.05) is 32.8 Å². The number of aromatic nitrogens is 1. The smallest absolute Gasteiger partial charge is 0.273 e. The van der Waals surface area contributed by atoms with Crippen molar-refractivity contribution in [3.8, 4) is 16.3 Å². The molecule has 0 atom stereocenters. The lowest BCUT2D eigenvalue weighted by Crippen LogP contribution is -2.34. The third-order valence-electron chi connectivity index (χ3n) is 3.76. The van der Waals surface area contributed by atoms with E-state index in [1.165, 1.54) is 11.3 Å². The first-order chi connectivity index (χ1) is 11.3. The molecule has 0 unspecified atom stereocenters. The monoisotopic (exact) mass is 331 g/mol. The summed E-state index contributed by atoms with van der Waals surface area (Å²) in [5, 5.41) is 6.03. The molecule has 0 saturated carbocycles. The molecular weight excluding hydrogens is 310 g/mol. The molecule has 5 nitrogen and oxygen atoms in total. The molecule has 1 amide bonds. The third-order valence-corrected chi connectivity index (χ3v) is 4.65. The number of nitrogens with zero attached hydrogens (tertiary/aromatic N) is 2. The molecule has 1 aliphatic heterocycles. The molecule has 2 aromatic rings. The highest BCUT2D eigenvalue weighted by molar-refractivity contribution is 7.13. The zero-order valence-corrected chi connectivity index (χ0v) is 14.1. The molecular formula is C17H21N3O2S. The maximum Gasteiger partial charge on any atom is 0.273 e. The fourth-order valence-corrected chi connectivity index (χ4v) is 3.38. The van der Waals surface area contributed by atoms with Crippen LogP contribution in [0.4, 0.5) is 0 Å². The van der Waals surface area contributed by atoms with Gasteiger partial charge in [0, 0.05) is 30.6 Å². The highest BCUT2D eigenvalue weighted by atomic mass is 32.1. The van der Waals surface area contributed by atoms with E-state index in [0.717, 1.165) is 48.9 Å². The molecule has 1 fully saturated rings. The minimum absolute atomic E-state index is 0.0298. The van der Waals surface area contributed by atoms with Gasteiger partial charge in [-0.15, -0.1) is 11.3 Å². The molecule has 0 bridgehead atoms. The van der Waals surface area contributed by atoms with E-state index in [1.54, 1.807) is 0 Å². The van der Waals surface area contributed by atoms with Crippen molar-refractivity contribution in [3.63, 3.8) is 0 Å². The minimum Gasteiger partial charge on any atom is -0.494 e. The lowest BCUT2D eigenvalue weighted by Gasteiger charge is -2.18. The molecule has 0 spiro atoms. The van der Waals surface area contributed by atoms with Gasteiger partial charge in [0.25, 0.3) is 5.91 Å². The number of thiazole rings is 1. The standard InChI is InChI=1S/C17H21N3O2S/c1-2-22-14-6-4-13(5-7-14)16-19-15(12-23-16)17(21)20-10-3-8-18-9-11-20/h4-7,12,18H,2-3,8-11H2,1H3. The second-order valence-corrected chi connectivity index (χ2v) is 6.25. The van der Waals surface area contributed by atoms with E-state index in [0.29, 0.717) is 12.3 Å². The molecule has 1 N–H and O–H groups in total. The quantitative estimate of drug-likeness (QED) is 0.936. The number of hydrogen-bond donors (Lipinski definition) is 1. The Hall–Kier alpha value is -1.92. The molecule has 2 heterocycles. The van der Waals surface area contributed by atoms with Crippen LogP contribution in [-0.4, -0.2) is 48.6 Å². The lowest BCUT2D eigenvalue weighted by atomic mass is 10.2. The number of amides is 1. The summed E-state index contributed by atoms with van der Waals surface area (Å²) in [7, 11) is 0. The number of hydrogen-bond acceptors (Lipinski definition) is 5. The fourth-order valence-electron chi connectivity index (χ4n) is 2.58. The van der Waals surface area contributed by atoms with Gasteiger partial charge in [0.2, 0.25) is 0 Å². The van der Waals surface area contributed by atoms with E-state index in [4.69, 9.17) is 4.74 Å². The van der Waals surface area contributed by atoms with Gasteiger partial charge in [-0.3, -0.25) is 4.79 Å².